The molecule has 1 N–H and O–H groups in total. The number of aromatic nitrogens is 1. The van der Waals surface area contributed by atoms with Gasteiger partial charge in [0.25, 0.3) is 0 Å². The maximum absolute atomic E-state index is 12.4. The number of hydrogen-bond acceptors (Lipinski definition) is 5. The minimum Gasteiger partial charge on any atom is -0.348 e. The molecular weight excluding hydrogens is 344 g/mol. The predicted molar refractivity (Wildman–Crippen MR) is 109 cm³/mol. The lowest BCUT2D eigenvalue weighted by Gasteiger charge is -2.17. The highest BCUT2D eigenvalue weighted by atomic mass is 32.1. The molecule has 1 aromatic heterocycles. The fourth-order valence-electron chi connectivity index (χ4n) is 3.28. The van der Waals surface area contributed by atoms with Gasteiger partial charge < -0.3 is 10.2 Å². The summed E-state index contributed by atoms with van der Waals surface area (Å²) < 4.78 is 0. The van der Waals surface area contributed by atoms with Crippen molar-refractivity contribution in [2.75, 3.05) is 30.9 Å². The molecule has 0 saturated heterocycles. The number of amides is 1. The molecule has 0 bridgehead atoms. The van der Waals surface area contributed by atoms with Gasteiger partial charge in [0.1, 0.15) is 0 Å². The Morgan fingerprint density at radius 2 is 1.88 bits per heavy atom. The third kappa shape index (κ3) is 4.62. The summed E-state index contributed by atoms with van der Waals surface area (Å²) in [4.78, 5) is 21.4. The van der Waals surface area contributed by atoms with Gasteiger partial charge in [-0.1, -0.05) is 17.7 Å². The molecule has 1 saturated carbocycles. The van der Waals surface area contributed by atoms with Gasteiger partial charge in [-0.3, -0.25) is 9.69 Å². The zero-order chi connectivity index (χ0) is 18.8. The maximum atomic E-state index is 12.4. The molecule has 26 heavy (non-hydrogen) atoms. The minimum atomic E-state index is 0.00750. The number of rotatable bonds is 7. The third-order valence-corrected chi connectivity index (χ3v) is 5.70. The average molecular weight is 373 g/mol. The second kappa shape index (κ2) is 7.76. The number of anilines is 2. The minimum absolute atomic E-state index is 0.00750. The van der Waals surface area contributed by atoms with E-state index in [4.69, 9.17) is 4.98 Å². The summed E-state index contributed by atoms with van der Waals surface area (Å²) in [5.74, 6) is 0.00750. The molecule has 140 valence electrons. The Hall–Kier alpha value is -1.92. The monoisotopic (exact) mass is 372 g/mol. The number of nitrogens with one attached hydrogen (secondary N) is 1. The lowest BCUT2D eigenvalue weighted by Crippen LogP contribution is -2.30. The molecule has 0 spiro atoms. The topological polar surface area (TPSA) is 48.5 Å². The SMILES string of the molecule is Cc1cc(C)c(NC(=O)CN(C)Cc2csc(N(C)C3CC3)n2)c(C)c1. The van der Waals surface area contributed by atoms with Gasteiger partial charge in [0, 0.05) is 30.7 Å². The molecule has 1 aromatic carbocycles. The zero-order valence-corrected chi connectivity index (χ0v) is 17.1. The van der Waals surface area contributed by atoms with Gasteiger partial charge in [-0.25, -0.2) is 4.98 Å². The number of carbonyl (C=O) groups excluding carboxylic acids is 1. The van der Waals surface area contributed by atoms with Crippen molar-refractivity contribution in [2.45, 2.75) is 46.2 Å². The molecule has 1 aliphatic rings. The third-order valence-electron chi connectivity index (χ3n) is 4.72. The molecule has 0 unspecified atom stereocenters. The number of nitrogens with zero attached hydrogens (tertiary/aromatic N) is 3. The first-order chi connectivity index (χ1) is 12.3. The van der Waals surface area contributed by atoms with E-state index in [0.29, 0.717) is 19.1 Å². The van der Waals surface area contributed by atoms with Crippen molar-refractivity contribution in [1.82, 2.24) is 9.88 Å². The fourth-order valence-corrected chi connectivity index (χ4v) is 4.14. The van der Waals surface area contributed by atoms with Gasteiger partial charge in [0.15, 0.2) is 5.13 Å². The largest absolute Gasteiger partial charge is 0.348 e. The quantitative estimate of drug-likeness (QED) is 0.804. The van der Waals surface area contributed by atoms with Crippen LogP contribution in [0.25, 0.3) is 0 Å². The number of benzene rings is 1. The molecule has 1 heterocycles. The van der Waals surface area contributed by atoms with Crippen LogP contribution in [0.4, 0.5) is 10.8 Å². The van der Waals surface area contributed by atoms with Crippen LogP contribution in [0, 0.1) is 20.8 Å². The van der Waals surface area contributed by atoms with Crippen LogP contribution in [0.15, 0.2) is 17.5 Å². The highest BCUT2D eigenvalue weighted by Crippen LogP contribution is 2.32. The van der Waals surface area contributed by atoms with Crippen molar-refractivity contribution in [1.29, 1.82) is 0 Å². The lowest BCUT2D eigenvalue weighted by molar-refractivity contribution is -0.117. The fraction of sp³-hybridized carbons (Fsp3) is 0.500. The molecule has 0 atom stereocenters. The number of likely N-dealkylation sites (N-methyl/N-ethyl adjacent to an activating group) is 1. The average Bonchev–Trinajstić information content (AvgIpc) is 3.30. The van der Waals surface area contributed by atoms with Crippen molar-refractivity contribution in [3.05, 3.63) is 39.9 Å². The van der Waals surface area contributed by atoms with E-state index in [1.165, 1.54) is 18.4 Å². The first kappa shape index (κ1) is 18.9. The Kier molecular flexibility index (Phi) is 5.63. The maximum Gasteiger partial charge on any atom is 0.238 e. The van der Waals surface area contributed by atoms with E-state index in [2.05, 4.69) is 41.7 Å². The van der Waals surface area contributed by atoms with E-state index in [9.17, 15) is 4.79 Å². The van der Waals surface area contributed by atoms with Crippen LogP contribution >= 0.6 is 11.3 Å². The molecule has 1 aliphatic carbocycles. The van der Waals surface area contributed by atoms with Crippen LogP contribution in [-0.4, -0.2) is 42.5 Å². The van der Waals surface area contributed by atoms with Gasteiger partial charge in [-0.2, -0.15) is 0 Å². The number of carbonyl (C=O) groups is 1. The molecule has 1 amide bonds. The molecule has 5 nitrogen and oxygen atoms in total. The second-order valence-electron chi connectivity index (χ2n) is 7.46. The molecule has 6 heteroatoms. The van der Waals surface area contributed by atoms with E-state index in [-0.39, 0.29) is 5.91 Å². The number of hydrogen-bond donors (Lipinski definition) is 1. The Bertz CT molecular complexity index is 774. The molecule has 0 radical (unpaired) electrons. The van der Waals surface area contributed by atoms with Crippen molar-refractivity contribution in [3.63, 3.8) is 0 Å². The van der Waals surface area contributed by atoms with Crippen molar-refractivity contribution < 1.29 is 4.79 Å². The lowest BCUT2D eigenvalue weighted by atomic mass is 10.1. The summed E-state index contributed by atoms with van der Waals surface area (Å²) in [5, 5.41) is 6.23. The zero-order valence-electron chi connectivity index (χ0n) is 16.3. The highest BCUT2D eigenvalue weighted by molar-refractivity contribution is 7.13. The van der Waals surface area contributed by atoms with Crippen molar-refractivity contribution in [3.8, 4) is 0 Å². The van der Waals surface area contributed by atoms with Crippen LogP contribution in [0.3, 0.4) is 0 Å². The summed E-state index contributed by atoms with van der Waals surface area (Å²) in [6, 6.07) is 4.86. The van der Waals surface area contributed by atoms with Gasteiger partial charge in [-0.05, 0) is 51.8 Å². The van der Waals surface area contributed by atoms with Crippen LogP contribution in [-0.2, 0) is 11.3 Å². The van der Waals surface area contributed by atoms with Gasteiger partial charge in [0.05, 0.1) is 12.2 Å². The second-order valence-corrected chi connectivity index (χ2v) is 8.29. The highest BCUT2D eigenvalue weighted by Gasteiger charge is 2.28. The number of thiazole rings is 1. The normalized spacial score (nSPS) is 13.9. The Labute approximate surface area is 160 Å². The first-order valence-electron chi connectivity index (χ1n) is 9.07. The summed E-state index contributed by atoms with van der Waals surface area (Å²) in [6.45, 7) is 7.16. The van der Waals surface area contributed by atoms with E-state index < -0.39 is 0 Å². The van der Waals surface area contributed by atoms with Gasteiger partial charge in [-0.15, -0.1) is 11.3 Å². The Morgan fingerprint density at radius 1 is 1.23 bits per heavy atom. The summed E-state index contributed by atoms with van der Waals surface area (Å²) in [6.07, 6.45) is 2.53. The number of aryl methyl sites for hydroxylation is 3. The molecule has 0 aliphatic heterocycles. The first-order valence-corrected chi connectivity index (χ1v) is 9.95. The summed E-state index contributed by atoms with van der Waals surface area (Å²) >= 11 is 1.68. The predicted octanol–water partition coefficient (Wildman–Crippen LogP) is 3.74. The summed E-state index contributed by atoms with van der Waals surface area (Å²) in [7, 11) is 4.07. The molecule has 2 aromatic rings. The van der Waals surface area contributed by atoms with Crippen molar-refractivity contribution in [2.24, 2.45) is 0 Å². The van der Waals surface area contributed by atoms with Crippen LogP contribution in [0.5, 0.6) is 0 Å². The standard InChI is InChI=1S/C20H28N4OS/c1-13-8-14(2)19(15(3)9-13)22-18(25)11-23(4)10-16-12-26-20(21-16)24(5)17-6-7-17/h8-9,12,17H,6-7,10-11H2,1-5H3,(H,22,25). The Morgan fingerprint density at radius 3 is 2.50 bits per heavy atom. The van der Waals surface area contributed by atoms with Crippen LogP contribution in [0.1, 0.15) is 35.2 Å². The van der Waals surface area contributed by atoms with Gasteiger partial charge >= 0.3 is 0 Å². The smallest absolute Gasteiger partial charge is 0.238 e. The van der Waals surface area contributed by atoms with Crippen molar-refractivity contribution >= 4 is 28.1 Å². The van der Waals surface area contributed by atoms with E-state index in [1.54, 1.807) is 11.3 Å². The van der Waals surface area contributed by atoms with Crippen LogP contribution < -0.4 is 10.2 Å². The van der Waals surface area contributed by atoms with E-state index in [0.717, 1.165) is 27.6 Å². The molecule has 1 fully saturated rings. The van der Waals surface area contributed by atoms with Crippen LogP contribution in [0.2, 0.25) is 0 Å². The molecular formula is C20H28N4OS. The molecule has 3 rings (SSSR count). The van der Waals surface area contributed by atoms with Gasteiger partial charge in [0.2, 0.25) is 5.91 Å². The van der Waals surface area contributed by atoms with E-state index in [1.807, 2.05) is 25.8 Å². The Balaban J connectivity index is 1.54. The summed E-state index contributed by atoms with van der Waals surface area (Å²) in [5.41, 5.74) is 5.37. The van der Waals surface area contributed by atoms with E-state index >= 15 is 0 Å².